The molecule has 0 fully saturated rings. The second-order valence-electron chi connectivity index (χ2n) is 7.32. The molecular weight excluding hydrogens is 376 g/mol. The van der Waals surface area contributed by atoms with Gasteiger partial charge < -0.3 is 14.7 Å². The Morgan fingerprint density at radius 1 is 1.36 bits per heavy atom. The number of amides is 1. The number of thioether (sulfide) groups is 1. The van der Waals surface area contributed by atoms with Gasteiger partial charge in [0.25, 0.3) is 5.56 Å². The van der Waals surface area contributed by atoms with Gasteiger partial charge in [-0.25, -0.2) is 4.98 Å². The zero-order chi connectivity index (χ0) is 20.3. The molecule has 7 nitrogen and oxygen atoms in total. The number of aryl methyl sites for hydroxylation is 2. The van der Waals surface area contributed by atoms with Gasteiger partial charge in [-0.15, -0.1) is 0 Å². The molecule has 150 valence electrons. The minimum atomic E-state index is -0.131. The molecule has 3 heterocycles. The van der Waals surface area contributed by atoms with Crippen LogP contribution in [-0.2, 0) is 17.9 Å². The SMILES string of the molecule is Cc1cc2nc(SCC(=O)NCc3ccc(C)o3)n(CCC(C)C)c(=O)c2[nH]1. The van der Waals surface area contributed by atoms with Gasteiger partial charge in [-0.2, -0.15) is 0 Å². The van der Waals surface area contributed by atoms with Gasteiger partial charge in [-0.3, -0.25) is 14.2 Å². The first-order chi connectivity index (χ1) is 13.3. The summed E-state index contributed by atoms with van der Waals surface area (Å²) >= 11 is 1.28. The molecule has 3 aromatic heterocycles. The lowest BCUT2D eigenvalue weighted by molar-refractivity contribution is -0.118. The maximum Gasteiger partial charge on any atom is 0.278 e. The lowest BCUT2D eigenvalue weighted by Gasteiger charge is -2.13. The maximum absolute atomic E-state index is 12.9. The Bertz CT molecular complexity index is 1030. The first-order valence-corrected chi connectivity index (χ1v) is 10.4. The molecule has 0 saturated carbocycles. The summed E-state index contributed by atoms with van der Waals surface area (Å²) in [6.45, 7) is 8.92. The number of carbonyl (C=O) groups is 1. The number of nitrogens with one attached hydrogen (secondary N) is 2. The Labute approximate surface area is 167 Å². The molecule has 0 aliphatic carbocycles. The van der Waals surface area contributed by atoms with Crippen LogP contribution in [0.5, 0.6) is 0 Å². The minimum Gasteiger partial charge on any atom is -0.465 e. The van der Waals surface area contributed by atoms with E-state index in [2.05, 4.69) is 29.1 Å². The van der Waals surface area contributed by atoms with Crippen LogP contribution in [0.2, 0.25) is 0 Å². The molecule has 8 heteroatoms. The van der Waals surface area contributed by atoms with Gasteiger partial charge in [-0.1, -0.05) is 25.6 Å². The third-order valence-corrected chi connectivity index (χ3v) is 5.33. The van der Waals surface area contributed by atoms with Crippen LogP contribution in [0.25, 0.3) is 11.0 Å². The molecule has 0 bridgehead atoms. The van der Waals surface area contributed by atoms with E-state index in [9.17, 15) is 9.59 Å². The van der Waals surface area contributed by atoms with Gasteiger partial charge in [0, 0.05) is 12.2 Å². The molecule has 0 unspecified atom stereocenters. The van der Waals surface area contributed by atoms with E-state index in [1.165, 1.54) is 11.8 Å². The lowest BCUT2D eigenvalue weighted by Crippen LogP contribution is -2.27. The summed E-state index contributed by atoms with van der Waals surface area (Å²) in [6, 6.07) is 5.56. The van der Waals surface area contributed by atoms with E-state index in [1.54, 1.807) is 4.57 Å². The first kappa shape index (κ1) is 20.3. The molecule has 3 aromatic rings. The van der Waals surface area contributed by atoms with Crippen LogP contribution in [0.15, 0.2) is 32.6 Å². The summed E-state index contributed by atoms with van der Waals surface area (Å²) in [6.07, 6.45) is 0.865. The lowest BCUT2D eigenvalue weighted by atomic mass is 10.1. The highest BCUT2D eigenvalue weighted by Crippen LogP contribution is 2.19. The molecule has 0 aromatic carbocycles. The molecule has 0 aliphatic rings. The third-order valence-electron chi connectivity index (χ3n) is 4.36. The maximum atomic E-state index is 12.9. The van der Waals surface area contributed by atoms with Crippen molar-refractivity contribution in [2.24, 2.45) is 5.92 Å². The number of carbonyl (C=O) groups excluding carboxylic acids is 1. The standard InChI is InChI=1S/C20H26N4O3S/c1-12(2)7-8-24-19(26)18-16(9-13(3)22-18)23-20(24)28-11-17(25)21-10-15-6-5-14(4)27-15/h5-6,9,12,22H,7-8,10-11H2,1-4H3,(H,21,25). The molecule has 0 spiro atoms. The normalized spacial score (nSPS) is 11.5. The van der Waals surface area contributed by atoms with Crippen LogP contribution < -0.4 is 10.9 Å². The van der Waals surface area contributed by atoms with E-state index >= 15 is 0 Å². The Hall–Kier alpha value is -2.48. The summed E-state index contributed by atoms with van der Waals surface area (Å²) < 4.78 is 7.13. The van der Waals surface area contributed by atoms with E-state index in [-0.39, 0.29) is 17.2 Å². The van der Waals surface area contributed by atoms with Crippen LogP contribution in [0.4, 0.5) is 0 Å². The van der Waals surface area contributed by atoms with E-state index in [0.29, 0.717) is 41.0 Å². The molecular formula is C20H26N4O3S. The Morgan fingerprint density at radius 3 is 2.82 bits per heavy atom. The van der Waals surface area contributed by atoms with Crippen molar-refractivity contribution in [3.63, 3.8) is 0 Å². The molecule has 0 radical (unpaired) electrons. The highest BCUT2D eigenvalue weighted by atomic mass is 32.2. The van der Waals surface area contributed by atoms with Crippen molar-refractivity contribution in [3.8, 4) is 0 Å². The average molecular weight is 403 g/mol. The smallest absolute Gasteiger partial charge is 0.278 e. The zero-order valence-electron chi connectivity index (χ0n) is 16.7. The van der Waals surface area contributed by atoms with Crippen LogP contribution in [-0.4, -0.2) is 26.2 Å². The van der Waals surface area contributed by atoms with Crippen LogP contribution in [0.1, 0.15) is 37.5 Å². The van der Waals surface area contributed by atoms with E-state index in [1.807, 2.05) is 32.0 Å². The van der Waals surface area contributed by atoms with Crippen molar-refractivity contribution in [1.82, 2.24) is 19.9 Å². The van der Waals surface area contributed by atoms with Crippen LogP contribution in [0, 0.1) is 19.8 Å². The number of aromatic amines is 1. The highest BCUT2D eigenvalue weighted by molar-refractivity contribution is 7.99. The van der Waals surface area contributed by atoms with Crippen LogP contribution >= 0.6 is 11.8 Å². The quantitative estimate of drug-likeness (QED) is 0.445. The fourth-order valence-electron chi connectivity index (χ4n) is 2.85. The van der Waals surface area contributed by atoms with E-state index in [4.69, 9.17) is 4.42 Å². The largest absolute Gasteiger partial charge is 0.465 e. The average Bonchev–Trinajstić information content (AvgIpc) is 3.22. The molecule has 2 N–H and O–H groups in total. The van der Waals surface area contributed by atoms with Crippen molar-refractivity contribution in [1.29, 1.82) is 0 Å². The minimum absolute atomic E-state index is 0.0901. The number of fused-ring (bicyclic) bond motifs is 1. The van der Waals surface area contributed by atoms with Gasteiger partial charge in [0.15, 0.2) is 5.16 Å². The van der Waals surface area contributed by atoms with Gasteiger partial charge in [0.2, 0.25) is 5.91 Å². The number of aromatic nitrogens is 3. The van der Waals surface area contributed by atoms with Crippen molar-refractivity contribution < 1.29 is 9.21 Å². The summed E-state index contributed by atoms with van der Waals surface area (Å²) in [7, 11) is 0. The summed E-state index contributed by atoms with van der Waals surface area (Å²) in [5.41, 5.74) is 1.96. The second-order valence-corrected chi connectivity index (χ2v) is 8.27. The number of hydrogen-bond donors (Lipinski definition) is 2. The first-order valence-electron chi connectivity index (χ1n) is 9.38. The Balaban J connectivity index is 1.73. The van der Waals surface area contributed by atoms with Gasteiger partial charge in [0.1, 0.15) is 17.0 Å². The fourth-order valence-corrected chi connectivity index (χ4v) is 3.71. The predicted octanol–water partition coefficient (Wildman–Crippen LogP) is 3.39. The molecule has 0 aliphatic heterocycles. The number of rotatable bonds is 8. The molecule has 28 heavy (non-hydrogen) atoms. The molecule has 0 atom stereocenters. The second kappa shape index (κ2) is 8.68. The van der Waals surface area contributed by atoms with Gasteiger partial charge >= 0.3 is 0 Å². The van der Waals surface area contributed by atoms with E-state index in [0.717, 1.165) is 17.9 Å². The van der Waals surface area contributed by atoms with Crippen molar-refractivity contribution in [2.45, 2.75) is 52.4 Å². The third kappa shape index (κ3) is 4.86. The van der Waals surface area contributed by atoms with Crippen molar-refractivity contribution >= 4 is 28.7 Å². The summed E-state index contributed by atoms with van der Waals surface area (Å²) in [5, 5.41) is 3.40. The Morgan fingerprint density at radius 2 is 2.14 bits per heavy atom. The number of H-pyrrole nitrogens is 1. The predicted molar refractivity (Wildman–Crippen MR) is 111 cm³/mol. The molecule has 3 rings (SSSR count). The topological polar surface area (TPSA) is 92.9 Å². The highest BCUT2D eigenvalue weighted by Gasteiger charge is 2.15. The summed E-state index contributed by atoms with van der Waals surface area (Å²) in [5.74, 6) is 2.04. The van der Waals surface area contributed by atoms with Gasteiger partial charge in [-0.05, 0) is 44.4 Å². The van der Waals surface area contributed by atoms with Crippen LogP contribution in [0.3, 0.4) is 0 Å². The Kier molecular flexibility index (Phi) is 6.28. The number of nitrogens with zero attached hydrogens (tertiary/aromatic N) is 2. The zero-order valence-corrected chi connectivity index (χ0v) is 17.5. The monoisotopic (exact) mass is 402 g/mol. The van der Waals surface area contributed by atoms with Crippen molar-refractivity contribution in [2.75, 3.05) is 5.75 Å². The molecule has 0 saturated heterocycles. The number of furan rings is 1. The molecule has 1 amide bonds. The van der Waals surface area contributed by atoms with Gasteiger partial charge in [0.05, 0.1) is 17.8 Å². The number of hydrogen-bond acceptors (Lipinski definition) is 5. The van der Waals surface area contributed by atoms with E-state index < -0.39 is 0 Å². The van der Waals surface area contributed by atoms with Crippen molar-refractivity contribution in [3.05, 3.63) is 45.8 Å². The summed E-state index contributed by atoms with van der Waals surface area (Å²) in [4.78, 5) is 32.8. The fraction of sp³-hybridized carbons (Fsp3) is 0.450.